The second-order valence-electron chi connectivity index (χ2n) is 3.44. The Morgan fingerprint density at radius 1 is 1.50 bits per heavy atom. The Kier molecular flexibility index (Phi) is 3.09. The van der Waals surface area contributed by atoms with E-state index in [4.69, 9.17) is 5.73 Å². The summed E-state index contributed by atoms with van der Waals surface area (Å²) in [5, 5.41) is 11.0. The van der Waals surface area contributed by atoms with Crippen LogP contribution in [0.25, 0.3) is 0 Å². The quantitative estimate of drug-likeness (QED) is 0.842. The number of halogens is 1. The van der Waals surface area contributed by atoms with Crippen molar-refractivity contribution in [2.24, 2.45) is 7.05 Å². The van der Waals surface area contributed by atoms with Crippen LogP contribution in [-0.2, 0) is 13.6 Å². The van der Waals surface area contributed by atoms with Gasteiger partial charge in [-0.15, -0.1) is 10.2 Å². The minimum absolute atomic E-state index is 0.600. The van der Waals surface area contributed by atoms with Gasteiger partial charge in [0.2, 0.25) is 0 Å². The number of nitrogen functional groups attached to an aromatic ring is 1. The molecule has 2 aromatic rings. The van der Waals surface area contributed by atoms with Gasteiger partial charge in [-0.2, -0.15) is 0 Å². The van der Waals surface area contributed by atoms with E-state index in [-0.39, 0.29) is 0 Å². The number of aryl methyl sites for hydroxylation is 1. The van der Waals surface area contributed by atoms with Gasteiger partial charge >= 0.3 is 0 Å². The lowest BCUT2D eigenvalue weighted by Gasteiger charge is -2.08. The van der Waals surface area contributed by atoms with Crippen LogP contribution in [0, 0.1) is 0 Å². The maximum absolute atomic E-state index is 5.86. The molecule has 0 atom stereocenters. The maximum atomic E-state index is 5.86. The first-order valence-corrected chi connectivity index (χ1v) is 5.58. The molecule has 16 heavy (non-hydrogen) atoms. The largest absolute Gasteiger partial charge is 0.397 e. The highest BCUT2D eigenvalue weighted by Gasteiger charge is 2.02. The summed E-state index contributed by atoms with van der Waals surface area (Å²) in [5.74, 6) is 0.863. The van der Waals surface area contributed by atoms with Crippen LogP contribution in [0.4, 0.5) is 11.4 Å². The SMILES string of the molecule is Cn1cnnc1CNc1ccc(Br)cc1N. The lowest BCUT2D eigenvalue weighted by Crippen LogP contribution is -2.07. The van der Waals surface area contributed by atoms with Gasteiger partial charge in [-0.05, 0) is 18.2 Å². The van der Waals surface area contributed by atoms with Crippen LogP contribution in [-0.4, -0.2) is 14.8 Å². The van der Waals surface area contributed by atoms with Crippen LogP contribution in [0.5, 0.6) is 0 Å². The number of nitrogens with zero attached hydrogens (tertiary/aromatic N) is 3. The standard InChI is InChI=1S/C10H12BrN5/c1-16-6-14-15-10(16)5-13-9-3-2-7(11)4-8(9)12/h2-4,6,13H,5,12H2,1H3. The Labute approximate surface area is 102 Å². The lowest BCUT2D eigenvalue weighted by atomic mass is 10.2. The number of nitrogens with one attached hydrogen (secondary N) is 1. The van der Waals surface area contributed by atoms with E-state index in [0.717, 1.165) is 16.0 Å². The van der Waals surface area contributed by atoms with Crippen LogP contribution < -0.4 is 11.1 Å². The fourth-order valence-electron chi connectivity index (χ4n) is 1.34. The summed E-state index contributed by atoms with van der Waals surface area (Å²) in [4.78, 5) is 0. The Hall–Kier alpha value is -1.56. The third-order valence-corrected chi connectivity index (χ3v) is 2.75. The van der Waals surface area contributed by atoms with Crippen LogP contribution >= 0.6 is 15.9 Å². The zero-order chi connectivity index (χ0) is 11.5. The van der Waals surface area contributed by atoms with Crippen molar-refractivity contribution in [3.63, 3.8) is 0 Å². The van der Waals surface area contributed by atoms with Crippen molar-refractivity contribution in [1.29, 1.82) is 0 Å². The monoisotopic (exact) mass is 281 g/mol. The molecule has 84 valence electrons. The van der Waals surface area contributed by atoms with Crippen molar-refractivity contribution >= 4 is 27.3 Å². The van der Waals surface area contributed by atoms with E-state index in [1.807, 2.05) is 29.8 Å². The van der Waals surface area contributed by atoms with Crippen molar-refractivity contribution < 1.29 is 0 Å². The van der Waals surface area contributed by atoms with Gasteiger partial charge in [0.15, 0.2) is 5.82 Å². The molecule has 0 unspecified atom stereocenters. The van der Waals surface area contributed by atoms with E-state index < -0.39 is 0 Å². The van der Waals surface area contributed by atoms with Crippen molar-refractivity contribution in [2.75, 3.05) is 11.1 Å². The average molecular weight is 282 g/mol. The highest BCUT2D eigenvalue weighted by molar-refractivity contribution is 9.10. The topological polar surface area (TPSA) is 68.8 Å². The van der Waals surface area contributed by atoms with Crippen LogP contribution in [0.1, 0.15) is 5.82 Å². The number of hydrogen-bond acceptors (Lipinski definition) is 4. The Morgan fingerprint density at radius 3 is 2.94 bits per heavy atom. The minimum Gasteiger partial charge on any atom is -0.397 e. The molecule has 1 aromatic heterocycles. The summed E-state index contributed by atoms with van der Waals surface area (Å²) in [6.45, 7) is 0.600. The smallest absolute Gasteiger partial charge is 0.151 e. The molecule has 0 saturated carbocycles. The highest BCUT2D eigenvalue weighted by Crippen LogP contribution is 2.23. The predicted molar refractivity (Wildman–Crippen MR) is 66.9 cm³/mol. The van der Waals surface area contributed by atoms with E-state index in [9.17, 15) is 0 Å². The number of anilines is 2. The van der Waals surface area contributed by atoms with Gasteiger partial charge in [-0.25, -0.2) is 0 Å². The van der Waals surface area contributed by atoms with E-state index >= 15 is 0 Å². The zero-order valence-corrected chi connectivity index (χ0v) is 10.4. The Morgan fingerprint density at radius 2 is 2.31 bits per heavy atom. The fourth-order valence-corrected chi connectivity index (χ4v) is 1.71. The summed E-state index contributed by atoms with van der Waals surface area (Å²) in [5.41, 5.74) is 7.46. The normalized spacial score (nSPS) is 10.4. The van der Waals surface area contributed by atoms with E-state index in [1.165, 1.54) is 0 Å². The molecule has 3 N–H and O–H groups in total. The van der Waals surface area contributed by atoms with Gasteiger partial charge in [-0.1, -0.05) is 15.9 Å². The van der Waals surface area contributed by atoms with E-state index in [1.54, 1.807) is 6.33 Å². The molecule has 1 heterocycles. The maximum Gasteiger partial charge on any atom is 0.151 e. The van der Waals surface area contributed by atoms with Crippen molar-refractivity contribution in [3.8, 4) is 0 Å². The molecule has 2 rings (SSSR count). The van der Waals surface area contributed by atoms with Crippen molar-refractivity contribution in [1.82, 2.24) is 14.8 Å². The van der Waals surface area contributed by atoms with Crippen molar-refractivity contribution in [3.05, 3.63) is 34.8 Å². The van der Waals surface area contributed by atoms with Crippen LogP contribution in [0.3, 0.4) is 0 Å². The minimum atomic E-state index is 0.600. The van der Waals surface area contributed by atoms with E-state index in [2.05, 4.69) is 31.4 Å². The summed E-state index contributed by atoms with van der Waals surface area (Å²) in [6.07, 6.45) is 1.67. The number of nitrogens with two attached hydrogens (primary N) is 1. The molecule has 0 aliphatic carbocycles. The first-order chi connectivity index (χ1) is 7.66. The molecule has 6 heteroatoms. The molecule has 0 radical (unpaired) electrons. The second-order valence-corrected chi connectivity index (χ2v) is 4.36. The predicted octanol–water partition coefficient (Wildman–Crippen LogP) is 1.77. The molecule has 0 saturated heterocycles. The van der Waals surface area contributed by atoms with Gasteiger partial charge in [0.1, 0.15) is 6.33 Å². The van der Waals surface area contributed by atoms with Crippen molar-refractivity contribution in [2.45, 2.75) is 6.54 Å². The molecular weight excluding hydrogens is 270 g/mol. The summed E-state index contributed by atoms with van der Waals surface area (Å²) >= 11 is 3.36. The van der Waals surface area contributed by atoms with Gasteiger partial charge in [0, 0.05) is 11.5 Å². The Balaban J connectivity index is 2.08. The molecule has 0 fully saturated rings. The molecule has 0 amide bonds. The third-order valence-electron chi connectivity index (χ3n) is 2.26. The fraction of sp³-hybridized carbons (Fsp3) is 0.200. The number of rotatable bonds is 3. The molecule has 0 bridgehead atoms. The second kappa shape index (κ2) is 4.52. The molecule has 0 aliphatic heterocycles. The highest BCUT2D eigenvalue weighted by atomic mass is 79.9. The van der Waals surface area contributed by atoms with Gasteiger partial charge in [0.25, 0.3) is 0 Å². The third kappa shape index (κ3) is 2.33. The van der Waals surface area contributed by atoms with Crippen LogP contribution in [0.2, 0.25) is 0 Å². The summed E-state index contributed by atoms with van der Waals surface area (Å²) in [7, 11) is 1.90. The molecule has 1 aromatic carbocycles. The number of benzene rings is 1. The summed E-state index contributed by atoms with van der Waals surface area (Å²) in [6, 6.07) is 5.73. The summed E-state index contributed by atoms with van der Waals surface area (Å²) < 4.78 is 2.83. The van der Waals surface area contributed by atoms with E-state index in [0.29, 0.717) is 12.2 Å². The first-order valence-electron chi connectivity index (χ1n) is 4.78. The molecule has 0 aliphatic rings. The van der Waals surface area contributed by atoms with Gasteiger partial charge in [-0.3, -0.25) is 0 Å². The van der Waals surface area contributed by atoms with Crippen LogP contribution in [0.15, 0.2) is 29.0 Å². The zero-order valence-electron chi connectivity index (χ0n) is 8.81. The molecular formula is C10H12BrN5. The van der Waals surface area contributed by atoms with Gasteiger partial charge in [0.05, 0.1) is 17.9 Å². The average Bonchev–Trinajstić information content (AvgIpc) is 2.63. The number of hydrogen-bond donors (Lipinski definition) is 2. The Bertz CT molecular complexity index is 494. The molecule has 5 nitrogen and oxygen atoms in total. The lowest BCUT2D eigenvalue weighted by molar-refractivity contribution is 0.812. The van der Waals surface area contributed by atoms with Gasteiger partial charge < -0.3 is 15.6 Å². The first kappa shape index (κ1) is 10.9. The molecule has 0 spiro atoms. The number of aromatic nitrogens is 3.